The van der Waals surface area contributed by atoms with E-state index in [9.17, 15) is 19.2 Å². The number of methoxy groups -OCH3 is 2. The zero-order chi connectivity index (χ0) is 21.1. The van der Waals surface area contributed by atoms with Crippen molar-refractivity contribution >= 4 is 35.6 Å². The highest BCUT2D eigenvalue weighted by molar-refractivity contribution is 6.39. The van der Waals surface area contributed by atoms with Crippen LogP contribution in [0.15, 0.2) is 48.0 Å². The number of carbonyl (C=O) groups is 4. The van der Waals surface area contributed by atoms with Gasteiger partial charge in [0.05, 0.1) is 25.5 Å². The number of urea groups is 1. The van der Waals surface area contributed by atoms with Crippen molar-refractivity contribution in [2.24, 2.45) is 0 Å². The third-order valence-corrected chi connectivity index (χ3v) is 4.21. The number of nitrogens with one attached hydrogen (secondary N) is 1. The van der Waals surface area contributed by atoms with Gasteiger partial charge in [-0.1, -0.05) is 0 Å². The van der Waals surface area contributed by atoms with Crippen molar-refractivity contribution in [3.8, 4) is 11.5 Å². The molecule has 0 atom stereocenters. The zero-order valence-electron chi connectivity index (χ0n) is 15.5. The lowest BCUT2D eigenvalue weighted by molar-refractivity contribution is -0.122. The fraction of sp³-hybridized carbons (Fsp3) is 0.100. The van der Waals surface area contributed by atoms with Crippen LogP contribution in [0.3, 0.4) is 0 Å². The average molecular weight is 396 g/mol. The van der Waals surface area contributed by atoms with Crippen molar-refractivity contribution in [2.45, 2.75) is 0 Å². The number of hydrogen-bond donors (Lipinski definition) is 2. The summed E-state index contributed by atoms with van der Waals surface area (Å²) >= 11 is 0. The summed E-state index contributed by atoms with van der Waals surface area (Å²) in [5.74, 6) is -1.95. The normalized spacial score (nSPS) is 15.3. The molecular formula is C20H16N2O7. The molecule has 0 aliphatic carbocycles. The van der Waals surface area contributed by atoms with Crippen LogP contribution in [0.25, 0.3) is 6.08 Å². The lowest BCUT2D eigenvalue weighted by Gasteiger charge is -2.26. The largest absolute Gasteiger partial charge is 0.497 e. The number of amides is 4. The maximum Gasteiger partial charge on any atom is 0.335 e. The summed E-state index contributed by atoms with van der Waals surface area (Å²) in [7, 11) is 2.92. The fourth-order valence-electron chi connectivity index (χ4n) is 2.74. The van der Waals surface area contributed by atoms with E-state index in [2.05, 4.69) is 5.32 Å². The number of hydrogen-bond acceptors (Lipinski definition) is 6. The predicted molar refractivity (Wildman–Crippen MR) is 102 cm³/mol. The van der Waals surface area contributed by atoms with E-state index in [-0.39, 0.29) is 16.8 Å². The SMILES string of the molecule is COc1ccc(C=C2C(=O)NC(=O)N(c3ccc(C(=O)O)cc3)C2=O)c(OC)c1. The van der Waals surface area contributed by atoms with Gasteiger partial charge in [0, 0.05) is 11.6 Å². The van der Waals surface area contributed by atoms with Crippen LogP contribution in [0.1, 0.15) is 15.9 Å². The van der Waals surface area contributed by atoms with E-state index in [4.69, 9.17) is 14.6 Å². The number of imide groups is 2. The Balaban J connectivity index is 2.01. The molecule has 1 aliphatic rings. The molecule has 1 saturated heterocycles. The third kappa shape index (κ3) is 3.79. The van der Waals surface area contributed by atoms with Gasteiger partial charge in [-0.05, 0) is 42.5 Å². The second kappa shape index (κ2) is 7.85. The molecule has 1 fully saturated rings. The van der Waals surface area contributed by atoms with Crippen LogP contribution in [-0.2, 0) is 9.59 Å². The Bertz CT molecular complexity index is 1040. The fourth-order valence-corrected chi connectivity index (χ4v) is 2.74. The van der Waals surface area contributed by atoms with Crippen molar-refractivity contribution in [1.82, 2.24) is 5.32 Å². The van der Waals surface area contributed by atoms with E-state index in [0.717, 1.165) is 4.90 Å². The Morgan fingerprint density at radius 3 is 2.31 bits per heavy atom. The minimum absolute atomic E-state index is 0.00609. The molecule has 9 heteroatoms. The summed E-state index contributed by atoms with van der Waals surface area (Å²) in [5.41, 5.74) is 0.267. The maximum atomic E-state index is 12.9. The highest BCUT2D eigenvalue weighted by Crippen LogP contribution is 2.28. The molecule has 0 spiro atoms. The topological polar surface area (TPSA) is 122 Å². The number of anilines is 1. The lowest BCUT2D eigenvalue weighted by atomic mass is 10.1. The van der Waals surface area contributed by atoms with Crippen molar-refractivity contribution in [1.29, 1.82) is 0 Å². The summed E-state index contributed by atoms with van der Waals surface area (Å²) in [5, 5.41) is 11.1. The van der Waals surface area contributed by atoms with Gasteiger partial charge in [-0.25, -0.2) is 14.5 Å². The van der Waals surface area contributed by atoms with Gasteiger partial charge in [0.2, 0.25) is 0 Å². The number of aromatic carboxylic acids is 1. The highest BCUT2D eigenvalue weighted by Gasteiger charge is 2.37. The van der Waals surface area contributed by atoms with Gasteiger partial charge >= 0.3 is 12.0 Å². The minimum Gasteiger partial charge on any atom is -0.497 e. The molecular weight excluding hydrogens is 380 g/mol. The number of ether oxygens (including phenoxy) is 2. The molecule has 148 valence electrons. The van der Waals surface area contributed by atoms with Crippen LogP contribution in [0, 0.1) is 0 Å². The third-order valence-electron chi connectivity index (χ3n) is 4.21. The second-order valence-electron chi connectivity index (χ2n) is 5.92. The van der Waals surface area contributed by atoms with Crippen LogP contribution >= 0.6 is 0 Å². The Morgan fingerprint density at radius 2 is 1.72 bits per heavy atom. The number of nitrogens with zero attached hydrogens (tertiary/aromatic N) is 1. The molecule has 9 nitrogen and oxygen atoms in total. The molecule has 2 aromatic rings. The Labute approximate surface area is 165 Å². The van der Waals surface area contributed by atoms with Gasteiger partial charge < -0.3 is 14.6 Å². The molecule has 0 radical (unpaired) electrons. The van der Waals surface area contributed by atoms with Crippen molar-refractivity contribution in [3.05, 3.63) is 59.2 Å². The first kappa shape index (κ1) is 19.6. The summed E-state index contributed by atoms with van der Waals surface area (Å²) in [6.45, 7) is 0. The smallest absolute Gasteiger partial charge is 0.335 e. The van der Waals surface area contributed by atoms with E-state index < -0.39 is 23.8 Å². The molecule has 29 heavy (non-hydrogen) atoms. The van der Waals surface area contributed by atoms with Crippen LogP contribution in [0.4, 0.5) is 10.5 Å². The monoisotopic (exact) mass is 396 g/mol. The van der Waals surface area contributed by atoms with Gasteiger partial charge in [-0.15, -0.1) is 0 Å². The first-order valence-corrected chi connectivity index (χ1v) is 8.32. The van der Waals surface area contributed by atoms with Crippen LogP contribution in [-0.4, -0.2) is 43.1 Å². The summed E-state index contributed by atoms with van der Waals surface area (Å²) in [4.78, 5) is 49.1. The number of rotatable bonds is 5. The Kier molecular flexibility index (Phi) is 5.31. The first-order chi connectivity index (χ1) is 13.8. The minimum atomic E-state index is -1.15. The van der Waals surface area contributed by atoms with Gasteiger partial charge in [-0.3, -0.25) is 14.9 Å². The van der Waals surface area contributed by atoms with Gasteiger partial charge in [0.25, 0.3) is 11.8 Å². The van der Waals surface area contributed by atoms with Gasteiger partial charge in [-0.2, -0.15) is 0 Å². The van der Waals surface area contributed by atoms with Gasteiger partial charge in [0.15, 0.2) is 0 Å². The molecule has 4 amide bonds. The summed E-state index contributed by atoms with van der Waals surface area (Å²) in [6.07, 6.45) is 1.31. The summed E-state index contributed by atoms with van der Waals surface area (Å²) in [6, 6.07) is 9.02. The first-order valence-electron chi connectivity index (χ1n) is 8.32. The van der Waals surface area contributed by atoms with E-state index >= 15 is 0 Å². The van der Waals surface area contributed by atoms with Crippen molar-refractivity contribution in [3.63, 3.8) is 0 Å². The molecule has 0 bridgehead atoms. The van der Waals surface area contributed by atoms with E-state index in [1.165, 1.54) is 44.6 Å². The molecule has 0 aromatic heterocycles. The van der Waals surface area contributed by atoms with Crippen molar-refractivity contribution < 1.29 is 33.8 Å². The molecule has 1 heterocycles. The Hall–Kier alpha value is -4.14. The number of barbiturate groups is 1. The Morgan fingerprint density at radius 1 is 1.03 bits per heavy atom. The van der Waals surface area contributed by atoms with E-state index in [1.54, 1.807) is 18.2 Å². The molecule has 3 rings (SSSR count). The molecule has 2 aromatic carbocycles. The number of carbonyl (C=O) groups excluding carboxylic acids is 3. The zero-order valence-corrected chi connectivity index (χ0v) is 15.5. The van der Waals surface area contributed by atoms with Gasteiger partial charge in [0.1, 0.15) is 17.1 Å². The maximum absolute atomic E-state index is 12.9. The standard InChI is InChI=1S/C20H16N2O7/c1-28-14-8-5-12(16(10-14)29-2)9-15-17(23)21-20(27)22(18(15)24)13-6-3-11(4-7-13)19(25)26/h3-10H,1-2H3,(H,25,26)(H,21,23,27). The lowest BCUT2D eigenvalue weighted by Crippen LogP contribution is -2.54. The molecule has 0 unspecified atom stereocenters. The quantitative estimate of drug-likeness (QED) is 0.586. The number of carboxylic acids is 1. The van der Waals surface area contributed by atoms with Crippen LogP contribution < -0.4 is 19.7 Å². The van der Waals surface area contributed by atoms with Crippen molar-refractivity contribution in [2.75, 3.05) is 19.1 Å². The molecule has 0 saturated carbocycles. The molecule has 2 N–H and O–H groups in total. The van der Waals surface area contributed by atoms with E-state index in [1.807, 2.05) is 0 Å². The second-order valence-corrected chi connectivity index (χ2v) is 5.92. The highest BCUT2D eigenvalue weighted by atomic mass is 16.5. The molecule has 1 aliphatic heterocycles. The summed E-state index contributed by atoms with van der Waals surface area (Å²) < 4.78 is 10.4. The number of carboxylic acid groups (broad SMARTS) is 1. The van der Waals surface area contributed by atoms with Crippen LogP contribution in [0.5, 0.6) is 11.5 Å². The average Bonchev–Trinajstić information content (AvgIpc) is 2.71. The number of benzene rings is 2. The van der Waals surface area contributed by atoms with Crippen LogP contribution in [0.2, 0.25) is 0 Å². The predicted octanol–water partition coefficient (Wildman–Crippen LogP) is 2.07. The van der Waals surface area contributed by atoms with E-state index in [0.29, 0.717) is 17.1 Å².